The molecule has 88 heavy (non-hydrogen) atoms. The van der Waals surface area contributed by atoms with Gasteiger partial charge in [-0.1, -0.05) is 367 Å². The number of carbonyl (C=O) groups is 4. The van der Waals surface area contributed by atoms with Crippen LogP contribution in [0.1, 0.15) is 340 Å². The van der Waals surface area contributed by atoms with Crippen LogP contribution in [-0.2, 0) is 28.7 Å². The number of unbranched alkanes of at least 4 members (excludes halogenated alkanes) is 34. The van der Waals surface area contributed by atoms with Gasteiger partial charge in [-0.3, -0.25) is 19.2 Å². The van der Waals surface area contributed by atoms with E-state index in [1.165, 1.54) is 193 Å². The minimum atomic E-state index is -0.720. The lowest BCUT2D eigenvalue weighted by atomic mass is 9.71. The normalized spacial score (nSPS) is 18.1. The summed E-state index contributed by atoms with van der Waals surface area (Å²) in [6.07, 6.45) is 76.3. The molecule has 0 amide bonds. The zero-order valence-corrected chi connectivity index (χ0v) is 59.0. The summed E-state index contributed by atoms with van der Waals surface area (Å²) in [6.45, 7) is 25.1. The van der Waals surface area contributed by atoms with Crippen LogP contribution in [0.2, 0.25) is 0 Å². The lowest BCUT2D eigenvalue weighted by Crippen LogP contribution is -2.39. The molecule has 0 aromatic carbocycles. The molecule has 0 radical (unpaired) electrons. The molecular formula is C82H132O6. The molecule has 2 aliphatic carbocycles. The van der Waals surface area contributed by atoms with E-state index in [9.17, 15) is 19.2 Å². The number of allylic oxidation sites excluding steroid dienone is 20. The molecule has 496 valence electrons. The Labute approximate surface area is 542 Å². The molecule has 2 aliphatic rings. The zero-order valence-electron chi connectivity index (χ0n) is 59.0. The van der Waals surface area contributed by atoms with E-state index < -0.39 is 12.2 Å². The monoisotopic (exact) mass is 1210 g/mol. The second-order valence-corrected chi connectivity index (χ2v) is 27.9. The van der Waals surface area contributed by atoms with Gasteiger partial charge in [-0.25, -0.2) is 0 Å². The molecule has 0 heterocycles. The van der Waals surface area contributed by atoms with Gasteiger partial charge in [-0.05, 0) is 87.5 Å². The van der Waals surface area contributed by atoms with Gasteiger partial charge in [-0.15, -0.1) is 0 Å². The van der Waals surface area contributed by atoms with Gasteiger partial charge >= 0.3 is 11.9 Å². The molecule has 0 aromatic rings. The van der Waals surface area contributed by atoms with Gasteiger partial charge in [0, 0.05) is 25.7 Å². The quantitative estimate of drug-likeness (QED) is 0.0343. The van der Waals surface area contributed by atoms with Crippen molar-refractivity contribution in [3.8, 4) is 0 Å². The Balaban J connectivity index is 1.70. The van der Waals surface area contributed by atoms with Gasteiger partial charge in [0.15, 0.2) is 23.8 Å². The molecule has 0 bridgehead atoms. The van der Waals surface area contributed by atoms with Crippen LogP contribution in [0.3, 0.4) is 0 Å². The molecule has 0 aliphatic heterocycles. The summed E-state index contributed by atoms with van der Waals surface area (Å²) < 4.78 is 11.7. The number of ketones is 2. The van der Waals surface area contributed by atoms with Crippen LogP contribution in [0, 0.1) is 10.8 Å². The number of Topliss-reactive ketones (excluding diaryl/α,β-unsaturated/α-hetero) is 2. The largest absolute Gasteiger partial charge is 0.454 e. The van der Waals surface area contributed by atoms with Crippen molar-refractivity contribution in [2.75, 3.05) is 0 Å². The molecule has 0 N–H and O–H groups in total. The Hall–Kier alpha value is -4.58. The lowest BCUT2D eigenvalue weighted by Gasteiger charge is -2.36. The highest BCUT2D eigenvalue weighted by molar-refractivity contribution is 6.02. The summed E-state index contributed by atoms with van der Waals surface area (Å²) in [5, 5.41) is 0. The molecule has 2 atom stereocenters. The van der Waals surface area contributed by atoms with Gasteiger partial charge in [0.2, 0.25) is 0 Å². The summed E-state index contributed by atoms with van der Waals surface area (Å²) in [6, 6.07) is 0. The van der Waals surface area contributed by atoms with Gasteiger partial charge in [0.05, 0.1) is 0 Å². The summed E-state index contributed by atoms with van der Waals surface area (Å²) in [5.41, 5.74) is 7.09. The standard InChI is InChI=1S/C82H132O6/c1-13-15-17-19-21-23-25-27-29-31-33-35-37-39-41-43-45-47-59-77(83)87-75-65-81(9,10)73(71(7)79(75)85)63-61-69(5)57-51-55-67(3)53-49-50-54-68(4)56-52-58-70(6)62-64-74-72(8)80(86)76(66-82(74,11)12)88-78(84)60-48-46-44-42-40-38-36-34-32-30-28-26-24-22-20-18-16-14-2/h49-58,61-64,75-76H,13-48,59-60,65-66H2,1-12H3/b50-49+,55-51+,56-52+,63-61+,64-62+,67-53+,68-54+,69-57+,70-58+/t75-,76-/m0/s1. The molecule has 2 rings (SSSR count). The van der Waals surface area contributed by atoms with Crippen molar-refractivity contribution < 1.29 is 28.7 Å². The van der Waals surface area contributed by atoms with E-state index in [4.69, 9.17) is 9.47 Å². The van der Waals surface area contributed by atoms with Crippen molar-refractivity contribution in [3.63, 3.8) is 0 Å². The van der Waals surface area contributed by atoms with Crippen LogP contribution in [0.15, 0.2) is 130 Å². The molecule has 0 spiro atoms. The number of hydrogen-bond acceptors (Lipinski definition) is 6. The predicted octanol–water partition coefficient (Wildman–Crippen LogP) is 24.9. The maximum absolute atomic E-state index is 13.5. The SMILES string of the molecule is CCCCCCCCCCCCCCCCCCCCC(=O)O[C@H]1CC(C)(C)C(/C=C/C(C)=C/C=C/C(C)=C/C=C/C=C(C)/C=C/C=C(C)/C=C/C2=C(C)C(=O)[C@@H](OC(=O)CCCCCCCCCCCCCCCCCCCC)CC2(C)C)=C(C)C1=O. The minimum Gasteiger partial charge on any atom is -0.454 e. The number of hydrogen-bond donors (Lipinski definition) is 0. The van der Waals surface area contributed by atoms with E-state index >= 15 is 0 Å². The van der Waals surface area contributed by atoms with Crippen molar-refractivity contribution in [2.45, 2.75) is 352 Å². The molecule has 6 heteroatoms. The average Bonchev–Trinajstić information content (AvgIpc) is 1.46. The third-order valence-electron chi connectivity index (χ3n) is 18.3. The maximum Gasteiger partial charge on any atom is 0.306 e. The fourth-order valence-electron chi connectivity index (χ4n) is 12.5. The first-order chi connectivity index (χ1) is 42.3. The maximum atomic E-state index is 13.5. The van der Waals surface area contributed by atoms with Crippen LogP contribution in [0.25, 0.3) is 0 Å². The number of carbonyl (C=O) groups excluding carboxylic acids is 4. The van der Waals surface area contributed by atoms with Crippen LogP contribution in [-0.4, -0.2) is 35.7 Å². The predicted molar refractivity (Wildman–Crippen MR) is 379 cm³/mol. The van der Waals surface area contributed by atoms with Crippen LogP contribution < -0.4 is 0 Å². The van der Waals surface area contributed by atoms with Crippen molar-refractivity contribution in [2.24, 2.45) is 10.8 Å². The lowest BCUT2D eigenvalue weighted by molar-refractivity contribution is -0.156. The second-order valence-electron chi connectivity index (χ2n) is 27.9. The van der Waals surface area contributed by atoms with E-state index in [0.717, 1.165) is 72.0 Å². The molecular weight excluding hydrogens is 1080 g/mol. The van der Waals surface area contributed by atoms with Crippen LogP contribution >= 0.6 is 0 Å². The minimum absolute atomic E-state index is 0.0819. The van der Waals surface area contributed by atoms with E-state index in [-0.39, 0.29) is 34.3 Å². The van der Waals surface area contributed by atoms with Crippen molar-refractivity contribution in [1.29, 1.82) is 0 Å². The third kappa shape index (κ3) is 37.5. The highest BCUT2D eigenvalue weighted by Gasteiger charge is 2.41. The number of rotatable bonds is 50. The summed E-state index contributed by atoms with van der Waals surface area (Å²) >= 11 is 0. The fourth-order valence-corrected chi connectivity index (χ4v) is 12.5. The first-order valence-corrected chi connectivity index (χ1v) is 36.3. The first-order valence-electron chi connectivity index (χ1n) is 36.3. The Morgan fingerprint density at radius 3 is 0.852 bits per heavy atom. The van der Waals surface area contributed by atoms with Crippen LogP contribution in [0.5, 0.6) is 0 Å². The van der Waals surface area contributed by atoms with Gasteiger partial charge in [0.1, 0.15) is 0 Å². The van der Waals surface area contributed by atoms with Gasteiger partial charge < -0.3 is 9.47 Å². The van der Waals surface area contributed by atoms with E-state index in [0.29, 0.717) is 36.8 Å². The highest BCUT2D eigenvalue weighted by atomic mass is 16.6. The third-order valence-corrected chi connectivity index (χ3v) is 18.3. The van der Waals surface area contributed by atoms with Crippen molar-refractivity contribution in [1.82, 2.24) is 0 Å². The van der Waals surface area contributed by atoms with Crippen molar-refractivity contribution >= 4 is 23.5 Å². The van der Waals surface area contributed by atoms with E-state index in [1.807, 2.05) is 38.2 Å². The molecule has 6 nitrogen and oxygen atoms in total. The highest BCUT2D eigenvalue weighted by Crippen LogP contribution is 2.42. The molecule has 0 saturated carbocycles. The Morgan fingerprint density at radius 2 is 0.591 bits per heavy atom. The topological polar surface area (TPSA) is 86.7 Å². The fraction of sp³-hybridized carbons (Fsp3) is 0.683. The molecule has 0 aromatic heterocycles. The van der Waals surface area contributed by atoms with Gasteiger partial charge in [-0.2, -0.15) is 0 Å². The van der Waals surface area contributed by atoms with Crippen LogP contribution in [0.4, 0.5) is 0 Å². The average molecular weight is 1210 g/mol. The number of ether oxygens (including phenoxy) is 2. The molecule has 0 saturated heterocycles. The van der Waals surface area contributed by atoms with E-state index in [2.05, 4.69) is 130 Å². The summed E-state index contributed by atoms with van der Waals surface area (Å²) in [5.74, 6) is -0.669. The first kappa shape index (κ1) is 79.5. The molecule has 0 fully saturated rings. The second kappa shape index (κ2) is 49.2. The smallest absolute Gasteiger partial charge is 0.306 e. The Kier molecular flexibility index (Phi) is 44.4. The Morgan fingerprint density at radius 1 is 0.364 bits per heavy atom. The Bertz CT molecular complexity index is 2180. The van der Waals surface area contributed by atoms with Gasteiger partial charge in [0.25, 0.3) is 0 Å². The zero-order chi connectivity index (χ0) is 64.7. The van der Waals surface area contributed by atoms with Crippen molar-refractivity contribution in [3.05, 3.63) is 130 Å². The summed E-state index contributed by atoms with van der Waals surface area (Å²) in [7, 11) is 0. The summed E-state index contributed by atoms with van der Waals surface area (Å²) in [4.78, 5) is 52.7. The van der Waals surface area contributed by atoms with E-state index in [1.54, 1.807) is 0 Å². The molecule has 0 unspecified atom stereocenters. The number of esters is 2.